The molecule has 1 heterocycles. The van der Waals surface area contributed by atoms with Crippen molar-refractivity contribution in [2.24, 2.45) is 0 Å². The van der Waals surface area contributed by atoms with E-state index in [9.17, 15) is 10.1 Å². The highest BCUT2D eigenvalue weighted by atomic mass is 16.6. The molecule has 1 aromatic heterocycles. The van der Waals surface area contributed by atoms with Gasteiger partial charge >= 0.3 is 0 Å². The Hall–Kier alpha value is -2.47. The summed E-state index contributed by atoms with van der Waals surface area (Å²) in [6.07, 6.45) is 1.65. The third kappa shape index (κ3) is 3.10. The molecule has 0 aliphatic rings. The third-order valence-corrected chi connectivity index (χ3v) is 2.80. The minimum atomic E-state index is -0.410. The van der Waals surface area contributed by atoms with Crippen molar-refractivity contribution in [1.82, 2.24) is 10.3 Å². The van der Waals surface area contributed by atoms with Crippen LogP contribution in [0.5, 0.6) is 11.6 Å². The first-order valence-electron chi connectivity index (χ1n) is 6.13. The second-order valence-corrected chi connectivity index (χ2v) is 4.31. The summed E-state index contributed by atoms with van der Waals surface area (Å²) in [5, 5.41) is 13.8. The van der Waals surface area contributed by atoms with Gasteiger partial charge in [0.2, 0.25) is 5.88 Å². The van der Waals surface area contributed by atoms with Gasteiger partial charge in [-0.25, -0.2) is 4.98 Å². The van der Waals surface area contributed by atoms with Gasteiger partial charge in [0.15, 0.2) is 0 Å². The van der Waals surface area contributed by atoms with Crippen LogP contribution in [0.3, 0.4) is 0 Å². The summed E-state index contributed by atoms with van der Waals surface area (Å²) in [5.41, 5.74) is 1.55. The summed E-state index contributed by atoms with van der Waals surface area (Å²) in [6, 6.07) is 8.39. The highest BCUT2D eigenvalue weighted by molar-refractivity contribution is 5.45. The van der Waals surface area contributed by atoms with Crippen LogP contribution >= 0.6 is 0 Å². The van der Waals surface area contributed by atoms with Crippen molar-refractivity contribution in [3.8, 4) is 11.6 Å². The van der Waals surface area contributed by atoms with Gasteiger partial charge in [0.1, 0.15) is 5.75 Å². The van der Waals surface area contributed by atoms with Crippen molar-refractivity contribution in [2.45, 2.75) is 13.5 Å². The van der Waals surface area contributed by atoms with Crippen LogP contribution in [0.4, 0.5) is 5.69 Å². The maximum absolute atomic E-state index is 10.8. The molecule has 0 aliphatic carbocycles. The number of ether oxygens (including phenoxy) is 1. The van der Waals surface area contributed by atoms with E-state index in [1.165, 1.54) is 6.07 Å². The number of nitro benzene ring substituents is 1. The van der Waals surface area contributed by atoms with Crippen molar-refractivity contribution >= 4 is 5.69 Å². The van der Waals surface area contributed by atoms with E-state index >= 15 is 0 Å². The maximum Gasteiger partial charge on any atom is 0.272 e. The van der Waals surface area contributed by atoms with Gasteiger partial charge in [-0.3, -0.25) is 10.1 Å². The minimum absolute atomic E-state index is 0.0776. The Balaban J connectivity index is 2.26. The highest BCUT2D eigenvalue weighted by Gasteiger charge is 2.12. The number of benzene rings is 1. The van der Waals surface area contributed by atoms with E-state index in [1.54, 1.807) is 25.3 Å². The Bertz CT molecular complexity index is 629. The zero-order chi connectivity index (χ0) is 14.5. The van der Waals surface area contributed by atoms with Crippen LogP contribution in [-0.2, 0) is 6.54 Å². The van der Waals surface area contributed by atoms with Crippen LogP contribution in [-0.4, -0.2) is 17.0 Å². The molecule has 0 radical (unpaired) electrons. The monoisotopic (exact) mass is 273 g/mol. The molecule has 0 amide bonds. The SMILES string of the molecule is CNCc1cccnc1Oc1ccc([N+](=O)[O-])c(C)c1. The Kier molecular flexibility index (Phi) is 4.27. The van der Waals surface area contributed by atoms with Gasteiger partial charge in [0.25, 0.3) is 5.69 Å². The Morgan fingerprint density at radius 1 is 1.40 bits per heavy atom. The largest absolute Gasteiger partial charge is 0.439 e. The van der Waals surface area contributed by atoms with Crippen LogP contribution in [0.1, 0.15) is 11.1 Å². The van der Waals surface area contributed by atoms with Gasteiger partial charge in [-0.2, -0.15) is 0 Å². The molecule has 0 atom stereocenters. The molecule has 20 heavy (non-hydrogen) atoms. The quantitative estimate of drug-likeness (QED) is 0.669. The van der Waals surface area contributed by atoms with E-state index in [0.29, 0.717) is 23.7 Å². The van der Waals surface area contributed by atoms with Crippen molar-refractivity contribution in [1.29, 1.82) is 0 Å². The first-order chi connectivity index (χ1) is 9.61. The van der Waals surface area contributed by atoms with Crippen molar-refractivity contribution in [3.63, 3.8) is 0 Å². The number of nitro groups is 1. The first kappa shape index (κ1) is 14.0. The van der Waals surface area contributed by atoms with Gasteiger partial charge in [-0.1, -0.05) is 6.07 Å². The molecule has 2 rings (SSSR count). The average molecular weight is 273 g/mol. The molecule has 0 bridgehead atoms. The Morgan fingerprint density at radius 3 is 2.85 bits per heavy atom. The predicted molar refractivity (Wildman–Crippen MR) is 74.9 cm³/mol. The molecule has 0 spiro atoms. The topological polar surface area (TPSA) is 77.3 Å². The van der Waals surface area contributed by atoms with Gasteiger partial charge < -0.3 is 10.1 Å². The summed E-state index contributed by atoms with van der Waals surface area (Å²) in [5.74, 6) is 1.03. The Labute approximate surface area is 116 Å². The molecule has 2 aromatic rings. The average Bonchev–Trinajstić information content (AvgIpc) is 2.41. The summed E-state index contributed by atoms with van der Waals surface area (Å²) in [7, 11) is 1.84. The van der Waals surface area contributed by atoms with Gasteiger partial charge in [-0.05, 0) is 32.2 Å². The zero-order valence-corrected chi connectivity index (χ0v) is 11.3. The molecule has 1 N–H and O–H groups in total. The first-order valence-corrected chi connectivity index (χ1v) is 6.13. The van der Waals surface area contributed by atoms with Crippen LogP contribution in [0.25, 0.3) is 0 Å². The second-order valence-electron chi connectivity index (χ2n) is 4.31. The Morgan fingerprint density at radius 2 is 2.20 bits per heavy atom. The fourth-order valence-electron chi connectivity index (χ4n) is 1.85. The van der Waals surface area contributed by atoms with E-state index in [1.807, 2.05) is 19.2 Å². The fourth-order valence-corrected chi connectivity index (χ4v) is 1.85. The van der Waals surface area contributed by atoms with Crippen LogP contribution in [0, 0.1) is 17.0 Å². The van der Waals surface area contributed by atoms with E-state index in [0.717, 1.165) is 5.56 Å². The van der Waals surface area contributed by atoms with Crippen LogP contribution in [0.15, 0.2) is 36.5 Å². The summed E-state index contributed by atoms with van der Waals surface area (Å²) in [4.78, 5) is 14.5. The summed E-state index contributed by atoms with van der Waals surface area (Å²) < 4.78 is 5.70. The van der Waals surface area contributed by atoms with Crippen LogP contribution < -0.4 is 10.1 Å². The molecule has 0 aliphatic heterocycles. The molecule has 1 aromatic carbocycles. The van der Waals surface area contributed by atoms with E-state index < -0.39 is 4.92 Å². The van der Waals surface area contributed by atoms with E-state index in [-0.39, 0.29) is 5.69 Å². The standard InChI is InChI=1S/C14H15N3O3/c1-10-8-12(5-6-13(10)17(18)19)20-14-11(9-15-2)4-3-7-16-14/h3-8,15H,9H2,1-2H3. The number of rotatable bonds is 5. The van der Waals surface area contributed by atoms with E-state index in [4.69, 9.17) is 4.74 Å². The lowest BCUT2D eigenvalue weighted by molar-refractivity contribution is -0.385. The summed E-state index contributed by atoms with van der Waals surface area (Å²) >= 11 is 0. The number of hydrogen-bond donors (Lipinski definition) is 1. The van der Waals surface area contributed by atoms with Crippen molar-refractivity contribution in [3.05, 3.63) is 57.8 Å². The number of nitrogens with zero attached hydrogens (tertiary/aromatic N) is 2. The maximum atomic E-state index is 10.8. The molecular weight excluding hydrogens is 258 g/mol. The smallest absolute Gasteiger partial charge is 0.272 e. The molecule has 104 valence electrons. The molecule has 0 fully saturated rings. The lowest BCUT2D eigenvalue weighted by Gasteiger charge is -2.10. The highest BCUT2D eigenvalue weighted by Crippen LogP contribution is 2.27. The van der Waals surface area contributed by atoms with Crippen molar-refractivity contribution < 1.29 is 9.66 Å². The number of aryl methyl sites for hydroxylation is 1. The molecule has 0 unspecified atom stereocenters. The van der Waals surface area contributed by atoms with E-state index in [2.05, 4.69) is 10.3 Å². The number of pyridine rings is 1. The van der Waals surface area contributed by atoms with Gasteiger partial charge in [0, 0.05) is 29.9 Å². The lowest BCUT2D eigenvalue weighted by atomic mass is 10.2. The zero-order valence-electron chi connectivity index (χ0n) is 11.3. The molecular formula is C14H15N3O3. The van der Waals surface area contributed by atoms with Crippen molar-refractivity contribution in [2.75, 3.05) is 7.05 Å². The van der Waals surface area contributed by atoms with Gasteiger partial charge in [0.05, 0.1) is 4.92 Å². The molecule has 6 nitrogen and oxygen atoms in total. The fraction of sp³-hybridized carbons (Fsp3) is 0.214. The molecule has 0 saturated heterocycles. The van der Waals surface area contributed by atoms with Gasteiger partial charge in [-0.15, -0.1) is 0 Å². The number of nitrogens with one attached hydrogen (secondary N) is 1. The van der Waals surface area contributed by atoms with Crippen LogP contribution in [0.2, 0.25) is 0 Å². The second kappa shape index (κ2) is 6.12. The molecule has 0 saturated carbocycles. The molecule has 6 heteroatoms. The number of hydrogen-bond acceptors (Lipinski definition) is 5. The lowest BCUT2D eigenvalue weighted by Crippen LogP contribution is -2.07. The minimum Gasteiger partial charge on any atom is -0.439 e. The normalized spacial score (nSPS) is 10.3. The third-order valence-electron chi connectivity index (χ3n) is 2.80. The number of aromatic nitrogens is 1. The predicted octanol–water partition coefficient (Wildman–Crippen LogP) is 2.81. The summed E-state index contributed by atoms with van der Waals surface area (Å²) in [6.45, 7) is 2.31.